The zero-order valence-electron chi connectivity index (χ0n) is 10.6. The van der Waals surface area contributed by atoms with Crippen LogP contribution in [0.2, 0.25) is 0 Å². The summed E-state index contributed by atoms with van der Waals surface area (Å²) in [5.74, 6) is 0.883. The van der Waals surface area contributed by atoms with E-state index in [0.29, 0.717) is 6.10 Å². The summed E-state index contributed by atoms with van der Waals surface area (Å²) in [5, 5.41) is 10.1. The number of hydrogen-bond donors (Lipinski definition) is 1. The third-order valence-corrected chi connectivity index (χ3v) is 2.92. The molecule has 1 atom stereocenters. The second-order valence-electron chi connectivity index (χ2n) is 5.00. The van der Waals surface area contributed by atoms with E-state index >= 15 is 0 Å². The van der Waals surface area contributed by atoms with E-state index < -0.39 is 6.10 Å². The fraction of sp³-hybridized carbons (Fsp3) is 0.571. The predicted octanol–water partition coefficient (Wildman–Crippen LogP) is 2.21. The number of hydrogen-bond acceptors (Lipinski definition) is 3. The maximum Gasteiger partial charge on any atom is 0.120 e. The smallest absolute Gasteiger partial charge is 0.120 e. The van der Waals surface area contributed by atoms with E-state index in [-0.39, 0.29) is 0 Å². The number of benzene rings is 1. The van der Waals surface area contributed by atoms with Crippen LogP contribution >= 0.6 is 0 Å². The minimum Gasteiger partial charge on any atom is -0.490 e. The van der Waals surface area contributed by atoms with E-state index in [4.69, 9.17) is 4.74 Å². The lowest BCUT2D eigenvalue weighted by Gasteiger charge is -2.15. The van der Waals surface area contributed by atoms with Gasteiger partial charge in [-0.05, 0) is 51.1 Å². The van der Waals surface area contributed by atoms with Gasteiger partial charge in [0.15, 0.2) is 0 Å². The molecule has 94 valence electrons. The molecule has 0 saturated heterocycles. The Kier molecular flexibility index (Phi) is 4.02. The van der Waals surface area contributed by atoms with Crippen LogP contribution in [0.5, 0.6) is 5.75 Å². The van der Waals surface area contributed by atoms with Crippen molar-refractivity contribution in [3.63, 3.8) is 0 Å². The lowest BCUT2D eigenvalue weighted by Crippen LogP contribution is -2.15. The van der Waals surface area contributed by atoms with Crippen LogP contribution in [0, 0.1) is 0 Å². The van der Waals surface area contributed by atoms with Crippen LogP contribution in [0.1, 0.15) is 30.9 Å². The Morgan fingerprint density at radius 1 is 1.41 bits per heavy atom. The molecule has 2 rings (SSSR count). The molecule has 0 amide bonds. The van der Waals surface area contributed by atoms with Gasteiger partial charge in [-0.1, -0.05) is 12.1 Å². The maximum atomic E-state index is 10.1. The Hall–Kier alpha value is -1.06. The number of nitrogens with zero attached hydrogens (tertiary/aromatic N) is 1. The zero-order chi connectivity index (χ0) is 12.3. The topological polar surface area (TPSA) is 32.7 Å². The minimum atomic E-state index is -0.403. The van der Waals surface area contributed by atoms with Gasteiger partial charge in [0.1, 0.15) is 5.75 Å². The molecule has 0 spiro atoms. The van der Waals surface area contributed by atoms with Crippen LogP contribution in [0.4, 0.5) is 0 Å². The highest BCUT2D eigenvalue weighted by Gasteiger charge is 2.23. The van der Waals surface area contributed by atoms with Crippen LogP contribution in [0.3, 0.4) is 0 Å². The fourth-order valence-corrected chi connectivity index (χ4v) is 1.72. The predicted molar refractivity (Wildman–Crippen MR) is 68.2 cm³/mol. The molecule has 0 aliphatic heterocycles. The first kappa shape index (κ1) is 12.4. The summed E-state index contributed by atoms with van der Waals surface area (Å²) in [4.78, 5) is 2.08. The molecular formula is C14H21NO2. The third kappa shape index (κ3) is 4.02. The van der Waals surface area contributed by atoms with Gasteiger partial charge in [-0.25, -0.2) is 0 Å². The summed E-state index contributed by atoms with van der Waals surface area (Å²) in [7, 11) is 4.03. The molecule has 0 radical (unpaired) electrons. The highest BCUT2D eigenvalue weighted by Crippen LogP contribution is 2.28. The Bertz CT molecular complexity index is 361. The number of aliphatic hydroxyl groups is 1. The molecule has 1 saturated carbocycles. The van der Waals surface area contributed by atoms with Crippen molar-refractivity contribution in [3.8, 4) is 5.75 Å². The van der Waals surface area contributed by atoms with Gasteiger partial charge in [0.25, 0.3) is 0 Å². The second-order valence-corrected chi connectivity index (χ2v) is 5.00. The SMILES string of the molecule is CN(C)CCC(O)c1cccc(OC2CC2)c1. The van der Waals surface area contributed by atoms with E-state index in [1.54, 1.807) is 0 Å². The van der Waals surface area contributed by atoms with Gasteiger partial charge in [-0.3, -0.25) is 0 Å². The molecule has 1 fully saturated rings. The van der Waals surface area contributed by atoms with Crippen LogP contribution in [-0.2, 0) is 0 Å². The van der Waals surface area contributed by atoms with Crippen LogP contribution in [0.15, 0.2) is 24.3 Å². The van der Waals surface area contributed by atoms with Gasteiger partial charge in [0.2, 0.25) is 0 Å². The van der Waals surface area contributed by atoms with Crippen LogP contribution < -0.4 is 4.74 Å². The highest BCUT2D eigenvalue weighted by atomic mass is 16.5. The van der Waals surface area contributed by atoms with Crippen LogP contribution in [0.25, 0.3) is 0 Å². The summed E-state index contributed by atoms with van der Waals surface area (Å²) in [6.07, 6.45) is 3.07. The molecule has 1 unspecified atom stereocenters. The third-order valence-electron chi connectivity index (χ3n) is 2.92. The van der Waals surface area contributed by atoms with Crippen LogP contribution in [-0.4, -0.2) is 36.8 Å². The van der Waals surface area contributed by atoms with Crippen molar-refractivity contribution in [1.82, 2.24) is 4.90 Å². The van der Waals surface area contributed by atoms with Crippen molar-refractivity contribution in [2.24, 2.45) is 0 Å². The Labute approximate surface area is 103 Å². The highest BCUT2D eigenvalue weighted by molar-refractivity contribution is 5.30. The lowest BCUT2D eigenvalue weighted by molar-refractivity contribution is 0.153. The molecule has 1 aliphatic rings. The van der Waals surface area contributed by atoms with E-state index in [1.165, 1.54) is 0 Å². The van der Waals surface area contributed by atoms with Gasteiger partial charge >= 0.3 is 0 Å². The van der Waals surface area contributed by atoms with Gasteiger partial charge in [-0.2, -0.15) is 0 Å². The van der Waals surface area contributed by atoms with E-state index in [2.05, 4.69) is 4.90 Å². The van der Waals surface area contributed by atoms with E-state index in [0.717, 1.165) is 37.1 Å². The van der Waals surface area contributed by atoms with Gasteiger partial charge in [0.05, 0.1) is 12.2 Å². The molecule has 3 nitrogen and oxygen atoms in total. The summed E-state index contributed by atoms with van der Waals surface area (Å²) < 4.78 is 5.72. The van der Waals surface area contributed by atoms with Gasteiger partial charge < -0.3 is 14.7 Å². The number of aliphatic hydroxyl groups excluding tert-OH is 1. The molecule has 0 aromatic heterocycles. The molecule has 3 heteroatoms. The molecule has 1 aromatic carbocycles. The molecule has 1 aliphatic carbocycles. The normalized spacial score (nSPS) is 17.2. The van der Waals surface area contributed by atoms with E-state index in [1.807, 2.05) is 38.4 Å². The van der Waals surface area contributed by atoms with Crippen molar-refractivity contribution in [3.05, 3.63) is 29.8 Å². The Balaban J connectivity index is 1.93. The standard InChI is InChI=1S/C14H21NO2/c1-15(2)9-8-14(16)11-4-3-5-13(10-11)17-12-6-7-12/h3-5,10,12,14,16H,6-9H2,1-2H3. The number of ether oxygens (including phenoxy) is 1. The Morgan fingerprint density at radius 3 is 2.82 bits per heavy atom. The van der Waals surface area contributed by atoms with Crippen molar-refractivity contribution in [2.45, 2.75) is 31.5 Å². The molecule has 17 heavy (non-hydrogen) atoms. The summed E-state index contributed by atoms with van der Waals surface area (Å²) in [5.41, 5.74) is 0.949. The first-order chi connectivity index (χ1) is 8.15. The van der Waals surface area contributed by atoms with Crippen molar-refractivity contribution in [2.75, 3.05) is 20.6 Å². The average Bonchev–Trinajstić information content (AvgIpc) is 3.10. The minimum absolute atomic E-state index is 0.403. The maximum absolute atomic E-state index is 10.1. The summed E-state index contributed by atoms with van der Waals surface area (Å²) >= 11 is 0. The van der Waals surface area contributed by atoms with Crippen molar-refractivity contribution >= 4 is 0 Å². The molecule has 0 bridgehead atoms. The molecule has 1 N–H and O–H groups in total. The molecule has 1 aromatic rings. The fourth-order valence-electron chi connectivity index (χ4n) is 1.72. The first-order valence-corrected chi connectivity index (χ1v) is 6.24. The van der Waals surface area contributed by atoms with Crippen molar-refractivity contribution < 1.29 is 9.84 Å². The summed E-state index contributed by atoms with van der Waals surface area (Å²) in [6.45, 7) is 0.884. The zero-order valence-corrected chi connectivity index (χ0v) is 10.6. The number of rotatable bonds is 6. The molecular weight excluding hydrogens is 214 g/mol. The molecule has 0 heterocycles. The Morgan fingerprint density at radius 2 is 2.18 bits per heavy atom. The van der Waals surface area contributed by atoms with Crippen molar-refractivity contribution in [1.29, 1.82) is 0 Å². The largest absolute Gasteiger partial charge is 0.490 e. The first-order valence-electron chi connectivity index (χ1n) is 6.24. The lowest BCUT2D eigenvalue weighted by atomic mass is 10.1. The second kappa shape index (κ2) is 5.52. The quantitative estimate of drug-likeness (QED) is 0.820. The monoisotopic (exact) mass is 235 g/mol. The van der Waals surface area contributed by atoms with Gasteiger partial charge in [-0.15, -0.1) is 0 Å². The van der Waals surface area contributed by atoms with E-state index in [9.17, 15) is 5.11 Å². The average molecular weight is 235 g/mol. The van der Waals surface area contributed by atoms with Gasteiger partial charge in [0, 0.05) is 6.54 Å². The summed E-state index contributed by atoms with van der Waals surface area (Å²) in [6, 6.07) is 7.82.